The van der Waals surface area contributed by atoms with E-state index >= 15 is 0 Å². The highest BCUT2D eigenvalue weighted by atomic mass is 35.5. The molecule has 1 heterocycles. The highest BCUT2D eigenvalue weighted by Gasteiger charge is 2.22. The van der Waals surface area contributed by atoms with Gasteiger partial charge in [0.2, 0.25) is 15.9 Å². The zero-order chi connectivity index (χ0) is 19.3. The molecule has 146 valence electrons. The fourth-order valence-corrected chi connectivity index (χ4v) is 4.38. The zero-order valence-electron chi connectivity index (χ0n) is 15.0. The molecule has 0 aromatic heterocycles. The predicted octanol–water partition coefficient (Wildman–Crippen LogP) is 2.75. The van der Waals surface area contributed by atoms with E-state index in [0.29, 0.717) is 22.2 Å². The average Bonchev–Trinajstić information content (AvgIpc) is 2.55. The van der Waals surface area contributed by atoms with Crippen LogP contribution in [-0.2, 0) is 14.8 Å². The van der Waals surface area contributed by atoms with Gasteiger partial charge in [-0.2, -0.15) is 0 Å². The molecular weight excluding hydrogens is 397 g/mol. The van der Waals surface area contributed by atoms with Crippen molar-refractivity contribution < 1.29 is 13.2 Å². The minimum atomic E-state index is -3.54. The minimum Gasteiger partial charge on any atom is -0.353 e. The molecular formula is C17H25Cl2N3O3S. The molecule has 1 aliphatic rings. The second kappa shape index (κ2) is 9.26. The van der Waals surface area contributed by atoms with E-state index in [1.165, 1.54) is 10.4 Å². The number of anilines is 1. The maximum Gasteiger partial charge on any atom is 0.232 e. The first-order valence-corrected chi connectivity index (χ1v) is 11.2. The summed E-state index contributed by atoms with van der Waals surface area (Å²) in [5.74, 6) is -0.0507. The van der Waals surface area contributed by atoms with Gasteiger partial charge in [-0.25, -0.2) is 8.42 Å². The summed E-state index contributed by atoms with van der Waals surface area (Å²) in [6.45, 7) is 2.11. The van der Waals surface area contributed by atoms with E-state index in [2.05, 4.69) is 17.3 Å². The van der Waals surface area contributed by atoms with E-state index in [-0.39, 0.29) is 24.9 Å². The topological polar surface area (TPSA) is 69.7 Å². The summed E-state index contributed by atoms with van der Waals surface area (Å²) in [5.41, 5.74) is 0.331. The number of likely N-dealkylation sites (tertiary alicyclic amines) is 1. The van der Waals surface area contributed by atoms with Crippen LogP contribution in [-0.4, -0.2) is 58.2 Å². The van der Waals surface area contributed by atoms with Crippen molar-refractivity contribution in [3.8, 4) is 0 Å². The second-order valence-corrected chi connectivity index (χ2v) is 9.43. The molecule has 0 spiro atoms. The molecule has 6 nitrogen and oxygen atoms in total. The van der Waals surface area contributed by atoms with Crippen molar-refractivity contribution in [3.05, 3.63) is 28.2 Å². The van der Waals surface area contributed by atoms with E-state index in [0.717, 1.165) is 32.2 Å². The van der Waals surface area contributed by atoms with Crippen molar-refractivity contribution in [3.63, 3.8) is 0 Å². The van der Waals surface area contributed by atoms with E-state index < -0.39 is 10.0 Å². The number of benzene rings is 1. The molecule has 0 bridgehead atoms. The number of carbonyl (C=O) groups is 1. The van der Waals surface area contributed by atoms with Crippen LogP contribution in [0.3, 0.4) is 0 Å². The smallest absolute Gasteiger partial charge is 0.232 e. The van der Waals surface area contributed by atoms with Crippen LogP contribution < -0.4 is 9.62 Å². The first kappa shape index (κ1) is 21.3. The molecule has 2 rings (SSSR count). The predicted molar refractivity (Wildman–Crippen MR) is 107 cm³/mol. The Bertz CT molecular complexity index is 735. The van der Waals surface area contributed by atoms with E-state index in [4.69, 9.17) is 23.2 Å². The van der Waals surface area contributed by atoms with E-state index in [1.54, 1.807) is 12.1 Å². The van der Waals surface area contributed by atoms with Gasteiger partial charge in [0, 0.05) is 24.0 Å². The molecule has 0 aliphatic carbocycles. The van der Waals surface area contributed by atoms with Gasteiger partial charge in [-0.1, -0.05) is 23.2 Å². The summed E-state index contributed by atoms with van der Waals surface area (Å²) in [6.07, 6.45) is 3.65. The van der Waals surface area contributed by atoms with Crippen LogP contribution in [0.4, 0.5) is 5.69 Å². The molecule has 1 aromatic rings. The van der Waals surface area contributed by atoms with E-state index in [9.17, 15) is 13.2 Å². The van der Waals surface area contributed by atoms with Crippen LogP contribution in [0.25, 0.3) is 0 Å². The Morgan fingerprint density at radius 3 is 2.58 bits per heavy atom. The Labute approximate surface area is 165 Å². The molecule has 1 amide bonds. The number of carbonyl (C=O) groups excluding carboxylic acids is 1. The van der Waals surface area contributed by atoms with Gasteiger partial charge >= 0.3 is 0 Å². The SMILES string of the molecule is CN1CCC(NC(=O)CCCN(c2cc(Cl)ccc2Cl)S(C)(=O)=O)CC1. The molecule has 1 saturated heterocycles. The number of piperidine rings is 1. The zero-order valence-corrected chi connectivity index (χ0v) is 17.4. The van der Waals surface area contributed by atoms with Gasteiger partial charge in [-0.15, -0.1) is 0 Å². The van der Waals surface area contributed by atoms with Gasteiger partial charge in [0.15, 0.2) is 0 Å². The normalized spacial score (nSPS) is 16.5. The molecule has 0 saturated carbocycles. The van der Waals surface area contributed by atoms with Gasteiger partial charge < -0.3 is 10.2 Å². The van der Waals surface area contributed by atoms with Crippen LogP contribution in [0.1, 0.15) is 25.7 Å². The van der Waals surface area contributed by atoms with Crippen molar-refractivity contribution >= 4 is 44.8 Å². The Morgan fingerprint density at radius 1 is 1.31 bits per heavy atom. The Hall–Kier alpha value is -1.02. The largest absolute Gasteiger partial charge is 0.353 e. The fraction of sp³-hybridized carbons (Fsp3) is 0.588. The van der Waals surface area contributed by atoms with Crippen LogP contribution >= 0.6 is 23.2 Å². The summed E-state index contributed by atoms with van der Waals surface area (Å²) >= 11 is 12.1. The van der Waals surface area contributed by atoms with Crippen LogP contribution in [0.15, 0.2) is 18.2 Å². The fourth-order valence-electron chi connectivity index (χ4n) is 2.98. The molecule has 0 atom stereocenters. The molecule has 0 unspecified atom stereocenters. The standard InChI is InChI=1S/C17H25Cl2N3O3S/c1-21-10-7-14(8-11-21)20-17(23)4-3-9-22(26(2,24)25)16-12-13(18)5-6-15(16)19/h5-6,12,14H,3-4,7-11H2,1-2H3,(H,20,23). The molecule has 1 N–H and O–H groups in total. The van der Waals surface area contributed by atoms with Gasteiger partial charge in [0.05, 0.1) is 17.0 Å². The number of nitrogens with one attached hydrogen (secondary N) is 1. The molecule has 0 radical (unpaired) electrons. The monoisotopic (exact) mass is 421 g/mol. The lowest BCUT2D eigenvalue weighted by Crippen LogP contribution is -2.43. The van der Waals surface area contributed by atoms with E-state index in [1.807, 2.05) is 0 Å². The minimum absolute atomic E-state index is 0.0507. The number of rotatable bonds is 7. The average molecular weight is 422 g/mol. The summed E-state index contributed by atoms with van der Waals surface area (Å²) in [4.78, 5) is 14.4. The number of sulfonamides is 1. The Morgan fingerprint density at radius 2 is 1.96 bits per heavy atom. The van der Waals surface area contributed by atoms with Gasteiger partial charge in [-0.05, 0) is 57.6 Å². The number of amides is 1. The molecule has 26 heavy (non-hydrogen) atoms. The van der Waals surface area contributed by atoms with Crippen LogP contribution in [0, 0.1) is 0 Å². The number of nitrogens with zero attached hydrogens (tertiary/aromatic N) is 2. The van der Waals surface area contributed by atoms with Crippen LogP contribution in [0.2, 0.25) is 10.0 Å². The Balaban J connectivity index is 1.92. The third-order valence-electron chi connectivity index (χ3n) is 4.43. The number of halogens is 2. The maximum atomic E-state index is 12.1. The van der Waals surface area contributed by atoms with Crippen molar-refractivity contribution in [1.82, 2.24) is 10.2 Å². The third-order valence-corrected chi connectivity index (χ3v) is 6.16. The molecule has 9 heteroatoms. The summed E-state index contributed by atoms with van der Waals surface area (Å²) in [6, 6.07) is 4.88. The molecule has 1 aliphatic heterocycles. The first-order chi connectivity index (χ1) is 12.2. The Kier molecular flexibility index (Phi) is 7.58. The quantitative estimate of drug-likeness (QED) is 0.734. The molecule has 1 fully saturated rings. The summed E-state index contributed by atoms with van der Waals surface area (Å²) < 4.78 is 25.5. The maximum absolute atomic E-state index is 12.1. The first-order valence-electron chi connectivity index (χ1n) is 8.57. The highest BCUT2D eigenvalue weighted by molar-refractivity contribution is 7.92. The third kappa shape index (κ3) is 6.30. The highest BCUT2D eigenvalue weighted by Crippen LogP contribution is 2.30. The van der Waals surface area contributed by atoms with Gasteiger partial charge in [0.25, 0.3) is 0 Å². The number of hydrogen-bond acceptors (Lipinski definition) is 4. The summed E-state index contributed by atoms with van der Waals surface area (Å²) in [7, 11) is -1.47. The van der Waals surface area contributed by atoms with Gasteiger partial charge in [0.1, 0.15) is 0 Å². The van der Waals surface area contributed by atoms with Crippen molar-refractivity contribution in [2.45, 2.75) is 31.7 Å². The van der Waals surface area contributed by atoms with Crippen LogP contribution in [0.5, 0.6) is 0 Å². The molecule has 1 aromatic carbocycles. The number of hydrogen-bond donors (Lipinski definition) is 1. The lowest BCUT2D eigenvalue weighted by atomic mass is 10.1. The van der Waals surface area contributed by atoms with Gasteiger partial charge in [-0.3, -0.25) is 9.10 Å². The lowest BCUT2D eigenvalue weighted by Gasteiger charge is -2.29. The van der Waals surface area contributed by atoms with Crippen molar-refractivity contribution in [1.29, 1.82) is 0 Å². The van der Waals surface area contributed by atoms with Crippen molar-refractivity contribution in [2.75, 3.05) is 37.2 Å². The van der Waals surface area contributed by atoms with Crippen molar-refractivity contribution in [2.24, 2.45) is 0 Å². The summed E-state index contributed by atoms with van der Waals surface area (Å²) in [5, 5.41) is 3.73. The lowest BCUT2D eigenvalue weighted by molar-refractivity contribution is -0.122. The second-order valence-electron chi connectivity index (χ2n) is 6.68.